The maximum atomic E-state index is 15.4. The van der Waals surface area contributed by atoms with Crippen LogP contribution < -0.4 is 0 Å². The first-order chi connectivity index (χ1) is 21.1. The molecule has 0 spiro atoms. The van der Waals surface area contributed by atoms with Crippen molar-refractivity contribution in [2.24, 2.45) is 23.7 Å². The molecule has 0 heterocycles. The lowest BCUT2D eigenvalue weighted by molar-refractivity contribution is -0.0821. The van der Waals surface area contributed by atoms with Gasteiger partial charge in [0, 0.05) is 11.5 Å². The van der Waals surface area contributed by atoms with Crippen molar-refractivity contribution >= 4 is 0 Å². The molecule has 2 aromatic rings. The smallest absolute Gasteiger partial charge is 0.212 e. The van der Waals surface area contributed by atoms with E-state index in [0.717, 1.165) is 62.8 Å². The van der Waals surface area contributed by atoms with Crippen LogP contribution in [-0.4, -0.2) is 6.18 Å². The molecule has 3 aliphatic carbocycles. The Kier molecular flexibility index (Phi) is 11.2. The van der Waals surface area contributed by atoms with Gasteiger partial charge in [0.2, 0.25) is 0 Å². The van der Waals surface area contributed by atoms with Crippen LogP contribution in [0.3, 0.4) is 0 Å². The van der Waals surface area contributed by atoms with E-state index in [-0.39, 0.29) is 23.6 Å². The Hall–Kier alpha value is -2.24. The number of unbranched alkanes of at least 4 members (excludes halogenated alkanes) is 2. The summed E-state index contributed by atoms with van der Waals surface area (Å²) in [5.74, 6) is -0.0833. The number of allylic oxidation sites excluding steroid dienone is 2. The number of hydrogen-bond acceptors (Lipinski definition) is 0. The van der Waals surface area contributed by atoms with E-state index in [9.17, 15) is 17.6 Å². The monoisotopic (exact) mass is 618 g/mol. The van der Waals surface area contributed by atoms with E-state index in [1.807, 2.05) is 24.3 Å². The first kappa shape index (κ1) is 33.1. The van der Waals surface area contributed by atoms with Crippen LogP contribution in [0.1, 0.15) is 133 Å². The van der Waals surface area contributed by atoms with Gasteiger partial charge in [0.25, 0.3) is 0 Å². The average molecular weight is 619 g/mol. The normalized spacial score (nSPS) is 28.7. The molecule has 3 saturated carbocycles. The van der Waals surface area contributed by atoms with Crippen LogP contribution in [0, 0.1) is 35.3 Å². The number of hydrogen-bond donors (Lipinski definition) is 0. The quantitative estimate of drug-likeness (QED) is 0.194. The van der Waals surface area contributed by atoms with Crippen molar-refractivity contribution in [1.82, 2.24) is 0 Å². The zero-order chi connectivity index (χ0) is 31.3. The van der Waals surface area contributed by atoms with Crippen LogP contribution in [-0.2, 0) is 0 Å². The highest BCUT2D eigenvalue weighted by molar-refractivity contribution is 5.65. The van der Waals surface area contributed by atoms with E-state index < -0.39 is 17.9 Å². The lowest BCUT2D eigenvalue weighted by Gasteiger charge is -2.37. The van der Waals surface area contributed by atoms with Gasteiger partial charge in [-0.25, -0.2) is 13.2 Å². The third-order valence-electron chi connectivity index (χ3n) is 11.2. The predicted molar refractivity (Wildman–Crippen MR) is 166 cm³/mol. The Bertz CT molecular complexity index is 1240. The number of rotatable bonds is 9. The Morgan fingerprint density at radius 2 is 1.36 bits per heavy atom. The molecule has 3 fully saturated rings. The number of halogens is 6. The summed E-state index contributed by atoms with van der Waals surface area (Å²) in [5.41, 5.74) is 2.74. The van der Waals surface area contributed by atoms with Crippen LogP contribution in [0.15, 0.2) is 48.3 Å². The van der Waals surface area contributed by atoms with E-state index in [4.69, 9.17) is 0 Å². The lowest BCUT2D eigenvalue weighted by Crippen LogP contribution is -2.26. The van der Waals surface area contributed by atoms with E-state index in [1.165, 1.54) is 44.6 Å². The van der Waals surface area contributed by atoms with Crippen LogP contribution in [0.4, 0.5) is 26.3 Å². The van der Waals surface area contributed by atoms with Crippen molar-refractivity contribution in [3.63, 3.8) is 0 Å². The molecule has 0 saturated heterocycles. The Labute approximate surface area is 259 Å². The first-order valence-corrected chi connectivity index (χ1v) is 17.2. The molecule has 0 radical (unpaired) electrons. The second-order valence-electron chi connectivity index (χ2n) is 14.0. The molecule has 0 aromatic heterocycles. The molecule has 0 bridgehead atoms. The summed E-state index contributed by atoms with van der Waals surface area (Å²) in [6.45, 7) is 2.24. The SMILES string of the molecule is CCCCCC1CCC(c2ccc(-c3ccc(C4CCC(C5CCC(C(F)=CC(F)(F)F)CC5)CC4)c(F)c3)c(F)c2)CC1. The van der Waals surface area contributed by atoms with Crippen molar-refractivity contribution in [2.45, 2.75) is 128 Å². The third-order valence-corrected chi connectivity index (χ3v) is 11.2. The molecule has 0 unspecified atom stereocenters. The van der Waals surface area contributed by atoms with Gasteiger partial charge in [-0.1, -0.05) is 56.9 Å². The van der Waals surface area contributed by atoms with Gasteiger partial charge in [0.1, 0.15) is 17.5 Å². The van der Waals surface area contributed by atoms with E-state index >= 15 is 8.78 Å². The Morgan fingerprint density at radius 1 is 0.727 bits per heavy atom. The average Bonchev–Trinajstić information content (AvgIpc) is 3.01. The maximum absolute atomic E-state index is 15.4. The van der Waals surface area contributed by atoms with Gasteiger partial charge in [-0.3, -0.25) is 0 Å². The fraction of sp³-hybridized carbons (Fsp3) is 0.632. The molecule has 0 N–H and O–H groups in total. The van der Waals surface area contributed by atoms with Gasteiger partial charge in [0.05, 0.1) is 6.08 Å². The minimum absolute atomic E-state index is 0.105. The fourth-order valence-electron chi connectivity index (χ4n) is 8.55. The van der Waals surface area contributed by atoms with Crippen LogP contribution in [0.25, 0.3) is 11.1 Å². The molecule has 242 valence electrons. The summed E-state index contributed by atoms with van der Waals surface area (Å²) >= 11 is 0. The predicted octanol–water partition coefficient (Wildman–Crippen LogP) is 13.0. The summed E-state index contributed by atoms with van der Waals surface area (Å²) in [5, 5.41) is 0. The van der Waals surface area contributed by atoms with Gasteiger partial charge < -0.3 is 0 Å². The van der Waals surface area contributed by atoms with E-state index in [2.05, 4.69) is 6.92 Å². The molecule has 2 aromatic carbocycles. The molecular weight excluding hydrogens is 570 g/mol. The molecule has 0 atom stereocenters. The highest BCUT2D eigenvalue weighted by Gasteiger charge is 2.35. The minimum atomic E-state index is -4.61. The third kappa shape index (κ3) is 8.51. The summed E-state index contributed by atoms with van der Waals surface area (Å²) in [7, 11) is 0. The minimum Gasteiger partial charge on any atom is -0.212 e. The van der Waals surface area contributed by atoms with Crippen LogP contribution in [0.2, 0.25) is 0 Å². The number of alkyl halides is 3. The molecule has 5 rings (SSSR count). The largest absolute Gasteiger partial charge is 0.412 e. The van der Waals surface area contributed by atoms with Crippen LogP contribution in [0.5, 0.6) is 0 Å². The summed E-state index contributed by atoms with van der Waals surface area (Å²) in [6, 6.07) is 10.7. The molecule has 44 heavy (non-hydrogen) atoms. The molecule has 0 aliphatic heterocycles. The topological polar surface area (TPSA) is 0 Å². The standard InChI is InChI=1S/C38H48F6/c1-2-3-4-5-25-6-8-28(9-7-25)31-18-20-34(35(39)22-31)32-19-21-33(36(40)23-32)29-14-10-26(11-15-29)27-12-16-30(17-13-27)37(41)24-38(42,43)44/h18-30H,2-17H2,1H3. The van der Waals surface area contributed by atoms with Gasteiger partial charge in [-0.2, -0.15) is 13.2 Å². The van der Waals surface area contributed by atoms with E-state index in [1.54, 1.807) is 6.07 Å². The van der Waals surface area contributed by atoms with Gasteiger partial charge in [-0.05, 0) is 135 Å². The van der Waals surface area contributed by atoms with Crippen molar-refractivity contribution in [3.8, 4) is 11.1 Å². The van der Waals surface area contributed by atoms with Gasteiger partial charge in [-0.15, -0.1) is 0 Å². The van der Waals surface area contributed by atoms with Crippen molar-refractivity contribution in [2.75, 3.05) is 0 Å². The second-order valence-corrected chi connectivity index (χ2v) is 14.0. The molecule has 6 heteroatoms. The molecule has 0 amide bonds. The van der Waals surface area contributed by atoms with E-state index in [0.29, 0.717) is 47.3 Å². The number of benzene rings is 2. The summed E-state index contributed by atoms with van der Waals surface area (Å²) in [6.07, 6.45) is 11.0. The summed E-state index contributed by atoms with van der Waals surface area (Å²) in [4.78, 5) is 0. The molecule has 3 aliphatic rings. The molecule has 0 nitrogen and oxygen atoms in total. The van der Waals surface area contributed by atoms with Crippen molar-refractivity contribution in [1.29, 1.82) is 0 Å². The highest BCUT2D eigenvalue weighted by Crippen LogP contribution is 2.46. The Balaban J connectivity index is 1.13. The molecular formula is C38H48F6. The maximum Gasteiger partial charge on any atom is 0.412 e. The van der Waals surface area contributed by atoms with Gasteiger partial charge >= 0.3 is 6.18 Å². The highest BCUT2D eigenvalue weighted by atomic mass is 19.4. The fourth-order valence-corrected chi connectivity index (χ4v) is 8.55. The summed E-state index contributed by atoms with van der Waals surface area (Å²) < 4.78 is 82.3. The Morgan fingerprint density at radius 3 is 1.95 bits per heavy atom. The zero-order valence-electron chi connectivity index (χ0n) is 26.1. The van der Waals surface area contributed by atoms with Crippen molar-refractivity contribution < 1.29 is 26.3 Å². The second kappa shape index (κ2) is 14.9. The van der Waals surface area contributed by atoms with Crippen molar-refractivity contribution in [3.05, 3.63) is 71.1 Å². The lowest BCUT2D eigenvalue weighted by atomic mass is 9.68. The van der Waals surface area contributed by atoms with Crippen LogP contribution >= 0.6 is 0 Å². The van der Waals surface area contributed by atoms with Gasteiger partial charge in [0.15, 0.2) is 0 Å². The first-order valence-electron chi connectivity index (χ1n) is 17.2. The zero-order valence-corrected chi connectivity index (χ0v) is 26.1.